The number of allylic oxidation sites excluding steroid dienone is 3. The van der Waals surface area contributed by atoms with Crippen LogP contribution in [0.15, 0.2) is 36.2 Å². The summed E-state index contributed by atoms with van der Waals surface area (Å²) >= 11 is 0. The molecule has 0 saturated heterocycles. The van der Waals surface area contributed by atoms with Crippen LogP contribution < -0.4 is 5.43 Å². The molecule has 0 bridgehead atoms. The molecule has 3 nitrogen and oxygen atoms in total. The van der Waals surface area contributed by atoms with E-state index in [9.17, 15) is 4.79 Å². The van der Waals surface area contributed by atoms with Crippen LogP contribution in [-0.4, -0.2) is 17.3 Å². The summed E-state index contributed by atoms with van der Waals surface area (Å²) in [4.78, 5) is 10.4. The van der Waals surface area contributed by atoms with Crippen molar-refractivity contribution >= 4 is 6.29 Å². The highest BCUT2D eigenvalue weighted by Crippen LogP contribution is 2.15. The van der Waals surface area contributed by atoms with Gasteiger partial charge in [0.1, 0.15) is 12.3 Å². The van der Waals surface area contributed by atoms with Crippen LogP contribution in [0.3, 0.4) is 0 Å². The molecule has 0 saturated carbocycles. The van der Waals surface area contributed by atoms with Crippen LogP contribution in [0.25, 0.3) is 0 Å². The van der Waals surface area contributed by atoms with Crippen molar-refractivity contribution in [3.05, 3.63) is 36.2 Å². The molecule has 2 aliphatic heterocycles. The number of fused-ring (bicyclic) bond motifs is 1. The number of carbonyl (C=O) groups is 1. The molecule has 2 heterocycles. The number of rotatable bonds is 1. The Morgan fingerprint density at radius 2 is 2.45 bits per heavy atom. The molecule has 0 amide bonds. The molecule has 0 aromatic heterocycles. The third kappa shape index (κ3) is 0.991. The molecular formula is C8H8N2O. The van der Waals surface area contributed by atoms with E-state index in [0.717, 1.165) is 12.0 Å². The van der Waals surface area contributed by atoms with Gasteiger partial charge >= 0.3 is 0 Å². The number of nitrogens with one attached hydrogen (secondary N) is 1. The van der Waals surface area contributed by atoms with Gasteiger partial charge in [-0.2, -0.15) is 0 Å². The SMILES string of the molecule is O=CC1C=C2C=CC=CN2N1. The Labute approximate surface area is 64.7 Å². The van der Waals surface area contributed by atoms with Gasteiger partial charge in [0.2, 0.25) is 0 Å². The molecule has 0 aromatic carbocycles. The van der Waals surface area contributed by atoms with E-state index in [2.05, 4.69) is 5.43 Å². The molecule has 1 N–H and O–H groups in total. The molecule has 0 aromatic rings. The Morgan fingerprint density at radius 3 is 3.18 bits per heavy atom. The second kappa shape index (κ2) is 2.36. The standard InChI is InChI=1S/C8H8N2O/c11-6-7-5-8-3-1-2-4-10(8)9-7/h1-7,9H. The number of nitrogens with zero attached hydrogens (tertiary/aromatic N) is 1. The van der Waals surface area contributed by atoms with E-state index in [1.807, 2.05) is 35.5 Å². The number of aldehydes is 1. The first-order valence-electron chi connectivity index (χ1n) is 3.47. The van der Waals surface area contributed by atoms with Gasteiger partial charge in [0, 0.05) is 6.20 Å². The van der Waals surface area contributed by atoms with Gasteiger partial charge in [-0.15, -0.1) is 0 Å². The summed E-state index contributed by atoms with van der Waals surface area (Å²) in [5, 5.41) is 1.83. The van der Waals surface area contributed by atoms with Gasteiger partial charge in [-0.05, 0) is 18.2 Å². The first-order chi connectivity index (χ1) is 5.40. The lowest BCUT2D eigenvalue weighted by Crippen LogP contribution is -2.34. The molecular weight excluding hydrogens is 140 g/mol. The van der Waals surface area contributed by atoms with Crippen molar-refractivity contribution in [3.63, 3.8) is 0 Å². The van der Waals surface area contributed by atoms with Crippen LogP contribution in [0.1, 0.15) is 0 Å². The van der Waals surface area contributed by atoms with E-state index < -0.39 is 0 Å². The fourth-order valence-electron chi connectivity index (χ4n) is 1.16. The fourth-order valence-corrected chi connectivity index (χ4v) is 1.16. The molecule has 1 atom stereocenters. The average Bonchev–Trinajstić information content (AvgIpc) is 2.46. The second-order valence-corrected chi connectivity index (χ2v) is 2.45. The third-order valence-corrected chi connectivity index (χ3v) is 1.68. The fraction of sp³-hybridized carbons (Fsp3) is 0.125. The normalized spacial score (nSPS) is 26.7. The highest BCUT2D eigenvalue weighted by Gasteiger charge is 2.19. The van der Waals surface area contributed by atoms with E-state index in [1.165, 1.54) is 0 Å². The minimum absolute atomic E-state index is 0.169. The second-order valence-electron chi connectivity index (χ2n) is 2.45. The van der Waals surface area contributed by atoms with Crippen molar-refractivity contribution < 1.29 is 4.79 Å². The third-order valence-electron chi connectivity index (χ3n) is 1.68. The van der Waals surface area contributed by atoms with Crippen LogP contribution in [0.2, 0.25) is 0 Å². The maximum Gasteiger partial charge on any atom is 0.142 e. The van der Waals surface area contributed by atoms with E-state index >= 15 is 0 Å². The van der Waals surface area contributed by atoms with Crippen molar-refractivity contribution in [2.24, 2.45) is 0 Å². The summed E-state index contributed by atoms with van der Waals surface area (Å²) < 4.78 is 0. The van der Waals surface area contributed by atoms with Crippen LogP contribution in [0.4, 0.5) is 0 Å². The van der Waals surface area contributed by atoms with Crippen molar-refractivity contribution in [1.82, 2.24) is 10.4 Å². The van der Waals surface area contributed by atoms with E-state index in [0.29, 0.717) is 0 Å². The minimum Gasteiger partial charge on any atom is -0.301 e. The Bertz CT molecular complexity index is 265. The molecule has 1 unspecified atom stereocenters. The number of hydrogen-bond donors (Lipinski definition) is 1. The predicted octanol–water partition coefficient (Wildman–Crippen LogP) is 0.341. The van der Waals surface area contributed by atoms with Gasteiger partial charge in [0.05, 0.1) is 5.70 Å². The van der Waals surface area contributed by atoms with Crippen molar-refractivity contribution in [1.29, 1.82) is 0 Å². The highest BCUT2D eigenvalue weighted by molar-refractivity contribution is 5.63. The maximum atomic E-state index is 10.4. The summed E-state index contributed by atoms with van der Waals surface area (Å²) in [6.45, 7) is 0. The number of hydrazine groups is 1. The monoisotopic (exact) mass is 148 g/mol. The molecule has 2 aliphatic rings. The van der Waals surface area contributed by atoms with E-state index in [-0.39, 0.29) is 6.04 Å². The molecule has 2 rings (SSSR count). The summed E-state index contributed by atoms with van der Waals surface area (Å²) in [5.41, 5.74) is 4.01. The summed E-state index contributed by atoms with van der Waals surface area (Å²) in [7, 11) is 0. The van der Waals surface area contributed by atoms with Crippen LogP contribution >= 0.6 is 0 Å². The number of hydrogen-bond acceptors (Lipinski definition) is 3. The lowest BCUT2D eigenvalue weighted by Gasteiger charge is -2.17. The van der Waals surface area contributed by atoms with Crippen LogP contribution in [-0.2, 0) is 4.79 Å². The summed E-state index contributed by atoms with van der Waals surface area (Å²) in [6, 6.07) is -0.169. The maximum absolute atomic E-state index is 10.4. The van der Waals surface area contributed by atoms with Gasteiger partial charge in [-0.25, -0.2) is 5.43 Å². The first kappa shape index (κ1) is 6.37. The minimum atomic E-state index is -0.169. The molecule has 11 heavy (non-hydrogen) atoms. The quantitative estimate of drug-likeness (QED) is 0.544. The molecule has 0 spiro atoms. The average molecular weight is 148 g/mol. The lowest BCUT2D eigenvalue weighted by atomic mass is 10.2. The Balaban J connectivity index is 2.25. The van der Waals surface area contributed by atoms with Crippen molar-refractivity contribution in [2.75, 3.05) is 0 Å². The molecule has 0 radical (unpaired) electrons. The van der Waals surface area contributed by atoms with Crippen LogP contribution in [0, 0.1) is 0 Å². The zero-order valence-corrected chi connectivity index (χ0v) is 5.90. The largest absolute Gasteiger partial charge is 0.301 e. The zero-order valence-electron chi connectivity index (χ0n) is 5.90. The van der Waals surface area contributed by atoms with Crippen molar-refractivity contribution in [3.8, 4) is 0 Å². The highest BCUT2D eigenvalue weighted by atomic mass is 16.1. The Hall–Kier alpha value is -1.35. The summed E-state index contributed by atoms with van der Waals surface area (Å²) in [6.07, 6.45) is 10.5. The summed E-state index contributed by atoms with van der Waals surface area (Å²) in [5.74, 6) is 0. The zero-order chi connectivity index (χ0) is 7.68. The van der Waals surface area contributed by atoms with Gasteiger partial charge in [0.25, 0.3) is 0 Å². The van der Waals surface area contributed by atoms with Gasteiger partial charge in [-0.3, -0.25) is 5.01 Å². The van der Waals surface area contributed by atoms with E-state index in [1.54, 1.807) is 0 Å². The topological polar surface area (TPSA) is 32.3 Å². The Kier molecular flexibility index (Phi) is 1.36. The van der Waals surface area contributed by atoms with Gasteiger partial charge in [0.15, 0.2) is 0 Å². The predicted molar refractivity (Wildman–Crippen MR) is 41.2 cm³/mol. The molecule has 0 aliphatic carbocycles. The van der Waals surface area contributed by atoms with Crippen LogP contribution in [0.5, 0.6) is 0 Å². The number of carbonyl (C=O) groups excluding carboxylic acids is 1. The Morgan fingerprint density at radius 1 is 1.55 bits per heavy atom. The van der Waals surface area contributed by atoms with Gasteiger partial charge < -0.3 is 4.79 Å². The smallest absolute Gasteiger partial charge is 0.142 e. The lowest BCUT2D eigenvalue weighted by molar-refractivity contribution is -0.109. The first-order valence-corrected chi connectivity index (χ1v) is 3.47. The molecule has 56 valence electrons. The molecule has 3 heteroatoms. The molecule has 0 fully saturated rings. The van der Waals surface area contributed by atoms with Gasteiger partial charge in [-0.1, -0.05) is 6.08 Å². The van der Waals surface area contributed by atoms with E-state index in [4.69, 9.17) is 0 Å². The van der Waals surface area contributed by atoms with Crippen molar-refractivity contribution in [2.45, 2.75) is 6.04 Å².